The van der Waals surface area contributed by atoms with E-state index in [0.29, 0.717) is 33.5 Å². The SMILES string of the molecule is COc1ccc(C)cc1NC(=O)c1ccc(OCC(=O)Nc2ccc(Cl)cc2C)cc1. The van der Waals surface area contributed by atoms with Crippen LogP contribution in [0.15, 0.2) is 60.7 Å². The number of carbonyl (C=O) groups is 2. The number of nitrogens with one attached hydrogen (secondary N) is 2. The lowest BCUT2D eigenvalue weighted by atomic mass is 10.1. The number of hydrogen-bond donors (Lipinski definition) is 2. The smallest absolute Gasteiger partial charge is 0.262 e. The van der Waals surface area contributed by atoms with Gasteiger partial charge in [-0.15, -0.1) is 0 Å². The molecule has 3 aromatic carbocycles. The van der Waals surface area contributed by atoms with Crippen molar-refractivity contribution in [2.75, 3.05) is 24.4 Å². The molecule has 0 bridgehead atoms. The van der Waals surface area contributed by atoms with Crippen molar-refractivity contribution in [3.05, 3.63) is 82.4 Å². The number of hydrogen-bond acceptors (Lipinski definition) is 4. The first-order valence-corrected chi connectivity index (χ1v) is 9.98. The summed E-state index contributed by atoms with van der Waals surface area (Å²) in [6.45, 7) is 3.64. The van der Waals surface area contributed by atoms with Gasteiger partial charge in [0.15, 0.2) is 6.61 Å². The van der Waals surface area contributed by atoms with E-state index in [9.17, 15) is 9.59 Å². The van der Waals surface area contributed by atoms with Crippen molar-refractivity contribution in [3.63, 3.8) is 0 Å². The Balaban J connectivity index is 1.57. The number of halogens is 1. The fraction of sp³-hybridized carbons (Fsp3) is 0.167. The van der Waals surface area contributed by atoms with Crippen LogP contribution in [0.1, 0.15) is 21.5 Å². The zero-order valence-electron chi connectivity index (χ0n) is 17.5. The summed E-state index contributed by atoms with van der Waals surface area (Å²) in [4.78, 5) is 24.7. The third-order valence-corrected chi connectivity index (χ3v) is 4.79. The monoisotopic (exact) mass is 438 g/mol. The van der Waals surface area contributed by atoms with Crippen molar-refractivity contribution in [1.29, 1.82) is 0 Å². The number of rotatable bonds is 7. The summed E-state index contributed by atoms with van der Waals surface area (Å²) in [5.74, 6) is 0.499. The number of amides is 2. The first kappa shape index (κ1) is 22.2. The quantitative estimate of drug-likeness (QED) is 0.529. The summed E-state index contributed by atoms with van der Waals surface area (Å²) in [7, 11) is 1.55. The molecular formula is C24H23ClN2O4. The van der Waals surface area contributed by atoms with Gasteiger partial charge in [-0.1, -0.05) is 17.7 Å². The summed E-state index contributed by atoms with van der Waals surface area (Å²) in [6.07, 6.45) is 0. The number of ether oxygens (including phenoxy) is 2. The largest absolute Gasteiger partial charge is 0.495 e. The fourth-order valence-electron chi connectivity index (χ4n) is 2.92. The van der Waals surface area contributed by atoms with E-state index < -0.39 is 0 Å². The molecule has 6 nitrogen and oxygen atoms in total. The van der Waals surface area contributed by atoms with Crippen LogP contribution in [0.5, 0.6) is 11.5 Å². The molecule has 0 fully saturated rings. The van der Waals surface area contributed by atoms with E-state index in [4.69, 9.17) is 21.1 Å². The maximum atomic E-state index is 12.5. The van der Waals surface area contributed by atoms with Crippen molar-refractivity contribution in [1.82, 2.24) is 0 Å². The zero-order valence-corrected chi connectivity index (χ0v) is 18.2. The van der Waals surface area contributed by atoms with Gasteiger partial charge in [0.2, 0.25) is 0 Å². The first-order valence-electron chi connectivity index (χ1n) is 9.60. The van der Waals surface area contributed by atoms with Crippen molar-refractivity contribution in [2.24, 2.45) is 0 Å². The summed E-state index contributed by atoms with van der Waals surface area (Å²) in [5.41, 5.74) is 3.60. The van der Waals surface area contributed by atoms with Crippen molar-refractivity contribution < 1.29 is 19.1 Å². The minimum Gasteiger partial charge on any atom is -0.495 e. The summed E-state index contributed by atoms with van der Waals surface area (Å²) in [5, 5.41) is 6.24. The molecule has 31 heavy (non-hydrogen) atoms. The molecule has 0 heterocycles. The Kier molecular flexibility index (Phi) is 7.15. The highest BCUT2D eigenvalue weighted by atomic mass is 35.5. The Morgan fingerprint density at radius 1 is 0.903 bits per heavy atom. The van der Waals surface area contributed by atoms with Gasteiger partial charge in [-0.3, -0.25) is 9.59 Å². The van der Waals surface area contributed by atoms with Gasteiger partial charge in [-0.2, -0.15) is 0 Å². The first-order chi connectivity index (χ1) is 14.9. The van der Waals surface area contributed by atoms with Crippen LogP contribution < -0.4 is 20.1 Å². The number of carbonyl (C=O) groups excluding carboxylic acids is 2. The molecule has 0 aliphatic heterocycles. The molecule has 0 spiro atoms. The average molecular weight is 439 g/mol. The maximum Gasteiger partial charge on any atom is 0.262 e. The van der Waals surface area contributed by atoms with Gasteiger partial charge in [0, 0.05) is 16.3 Å². The summed E-state index contributed by atoms with van der Waals surface area (Å²) in [6, 6.07) is 17.3. The molecule has 0 aromatic heterocycles. The minimum atomic E-state index is -0.293. The van der Waals surface area contributed by atoms with Crippen LogP contribution in [0.3, 0.4) is 0 Å². The second-order valence-electron chi connectivity index (χ2n) is 6.98. The second kappa shape index (κ2) is 10.00. The molecule has 0 saturated heterocycles. The van der Waals surface area contributed by atoms with E-state index in [2.05, 4.69) is 10.6 Å². The normalized spacial score (nSPS) is 10.3. The Bertz CT molecular complexity index is 1100. The van der Waals surface area contributed by atoms with Gasteiger partial charge >= 0.3 is 0 Å². The highest BCUT2D eigenvalue weighted by Gasteiger charge is 2.11. The molecular weight excluding hydrogens is 416 g/mol. The van der Waals surface area contributed by atoms with E-state index in [0.717, 1.165) is 11.1 Å². The van der Waals surface area contributed by atoms with Gasteiger partial charge in [0.1, 0.15) is 11.5 Å². The van der Waals surface area contributed by atoms with Crippen LogP contribution in [-0.4, -0.2) is 25.5 Å². The number of aryl methyl sites for hydroxylation is 2. The average Bonchev–Trinajstić information content (AvgIpc) is 2.75. The topological polar surface area (TPSA) is 76.7 Å². The maximum absolute atomic E-state index is 12.5. The molecule has 0 atom stereocenters. The molecule has 0 aliphatic rings. The van der Waals surface area contributed by atoms with E-state index in [1.54, 1.807) is 55.6 Å². The fourth-order valence-corrected chi connectivity index (χ4v) is 3.15. The van der Waals surface area contributed by atoms with Crippen LogP contribution >= 0.6 is 11.6 Å². The Morgan fingerprint density at radius 2 is 1.65 bits per heavy atom. The van der Waals surface area contributed by atoms with E-state index >= 15 is 0 Å². The highest BCUT2D eigenvalue weighted by molar-refractivity contribution is 6.30. The van der Waals surface area contributed by atoms with E-state index in [1.807, 2.05) is 26.0 Å². The van der Waals surface area contributed by atoms with Gasteiger partial charge < -0.3 is 20.1 Å². The minimum absolute atomic E-state index is 0.159. The zero-order chi connectivity index (χ0) is 22.4. The predicted octanol–water partition coefficient (Wildman–Crippen LogP) is 5.24. The number of anilines is 2. The molecule has 0 radical (unpaired) electrons. The molecule has 0 unspecified atom stereocenters. The van der Waals surface area contributed by atoms with Crippen molar-refractivity contribution in [2.45, 2.75) is 13.8 Å². The molecule has 3 aromatic rings. The summed E-state index contributed by atoms with van der Waals surface area (Å²) < 4.78 is 10.8. The molecule has 3 rings (SSSR count). The van der Waals surface area contributed by atoms with Crippen LogP contribution in [0.2, 0.25) is 5.02 Å². The molecule has 2 N–H and O–H groups in total. The Labute approximate surface area is 186 Å². The Hall–Kier alpha value is -3.51. The second-order valence-corrected chi connectivity index (χ2v) is 7.41. The standard InChI is InChI=1S/C24H23ClN2O4/c1-15-4-11-22(30-3)21(12-15)27-24(29)17-5-8-19(9-6-17)31-14-23(28)26-20-10-7-18(25)13-16(20)2/h4-13H,14H2,1-3H3,(H,26,28)(H,27,29). The van der Waals surface area contributed by atoms with Gasteiger partial charge in [0.05, 0.1) is 12.8 Å². The third kappa shape index (κ3) is 5.99. The molecule has 160 valence electrons. The molecule has 0 saturated carbocycles. The number of benzene rings is 3. The van der Waals surface area contributed by atoms with Gasteiger partial charge in [0.25, 0.3) is 11.8 Å². The van der Waals surface area contributed by atoms with Crippen molar-refractivity contribution >= 4 is 34.8 Å². The van der Waals surface area contributed by atoms with Crippen LogP contribution in [0, 0.1) is 13.8 Å². The van der Waals surface area contributed by atoms with Crippen molar-refractivity contribution in [3.8, 4) is 11.5 Å². The molecule has 2 amide bonds. The van der Waals surface area contributed by atoms with Crippen LogP contribution in [0.25, 0.3) is 0 Å². The van der Waals surface area contributed by atoms with Gasteiger partial charge in [-0.05, 0) is 79.6 Å². The summed E-state index contributed by atoms with van der Waals surface area (Å²) >= 11 is 5.92. The number of methoxy groups -OCH3 is 1. The highest BCUT2D eigenvalue weighted by Crippen LogP contribution is 2.26. The van der Waals surface area contributed by atoms with Crippen LogP contribution in [-0.2, 0) is 4.79 Å². The van der Waals surface area contributed by atoms with E-state index in [1.165, 1.54) is 0 Å². The van der Waals surface area contributed by atoms with Crippen LogP contribution in [0.4, 0.5) is 11.4 Å². The third-order valence-electron chi connectivity index (χ3n) is 4.55. The lowest BCUT2D eigenvalue weighted by Crippen LogP contribution is -2.20. The lowest BCUT2D eigenvalue weighted by molar-refractivity contribution is -0.118. The van der Waals surface area contributed by atoms with Gasteiger partial charge in [-0.25, -0.2) is 0 Å². The Morgan fingerprint density at radius 3 is 2.32 bits per heavy atom. The molecule has 7 heteroatoms. The lowest BCUT2D eigenvalue weighted by Gasteiger charge is -2.12. The predicted molar refractivity (Wildman–Crippen MR) is 122 cm³/mol. The van der Waals surface area contributed by atoms with E-state index in [-0.39, 0.29) is 18.4 Å². The molecule has 0 aliphatic carbocycles.